The second-order valence-corrected chi connectivity index (χ2v) is 6.49. The van der Waals surface area contributed by atoms with Crippen molar-refractivity contribution in [2.24, 2.45) is 5.92 Å². The van der Waals surface area contributed by atoms with Crippen LogP contribution in [0.1, 0.15) is 45.6 Å². The molecular weight excluding hydrogens is 268 g/mol. The zero-order chi connectivity index (χ0) is 14.5. The molecular formula is C17H27ClN2. The van der Waals surface area contributed by atoms with Crippen molar-refractivity contribution in [3.8, 4) is 0 Å². The number of hydrogen-bond donors (Lipinski definition) is 1. The van der Waals surface area contributed by atoms with Crippen LogP contribution in [0, 0.1) is 5.92 Å². The summed E-state index contributed by atoms with van der Waals surface area (Å²) in [4.78, 5) is 2.54. The number of anilines is 1. The third-order valence-corrected chi connectivity index (χ3v) is 4.62. The van der Waals surface area contributed by atoms with Gasteiger partial charge in [-0.3, -0.25) is 0 Å². The van der Waals surface area contributed by atoms with Crippen molar-refractivity contribution in [3.05, 3.63) is 28.8 Å². The van der Waals surface area contributed by atoms with Crippen LogP contribution in [0.25, 0.3) is 0 Å². The molecule has 1 aliphatic rings. The molecule has 20 heavy (non-hydrogen) atoms. The normalized spacial score (nSPS) is 23.1. The Hall–Kier alpha value is -0.730. The molecule has 2 rings (SSSR count). The van der Waals surface area contributed by atoms with Crippen LogP contribution in [0.3, 0.4) is 0 Å². The van der Waals surface area contributed by atoms with Gasteiger partial charge >= 0.3 is 0 Å². The van der Waals surface area contributed by atoms with Crippen LogP contribution in [0.4, 0.5) is 5.69 Å². The quantitative estimate of drug-likeness (QED) is 0.806. The Kier molecular flexibility index (Phi) is 5.74. The Morgan fingerprint density at radius 1 is 1.35 bits per heavy atom. The maximum atomic E-state index is 6.44. The highest BCUT2D eigenvalue weighted by Crippen LogP contribution is 2.33. The third-order valence-electron chi connectivity index (χ3n) is 4.27. The Balaban J connectivity index is 2.19. The van der Waals surface area contributed by atoms with Crippen molar-refractivity contribution in [1.82, 2.24) is 5.32 Å². The van der Waals surface area contributed by atoms with Crippen molar-refractivity contribution >= 4 is 17.3 Å². The van der Waals surface area contributed by atoms with E-state index in [0.717, 1.165) is 37.0 Å². The lowest BCUT2D eigenvalue weighted by Gasteiger charge is -2.39. The molecule has 0 spiro atoms. The fourth-order valence-electron chi connectivity index (χ4n) is 3.15. The average Bonchev–Trinajstić information content (AvgIpc) is 2.41. The van der Waals surface area contributed by atoms with E-state index in [9.17, 15) is 0 Å². The number of nitrogens with one attached hydrogen (secondary N) is 1. The molecule has 1 aromatic rings. The molecule has 1 heterocycles. The summed E-state index contributed by atoms with van der Waals surface area (Å²) in [5.74, 6) is 0.835. The molecule has 3 heteroatoms. The van der Waals surface area contributed by atoms with Crippen LogP contribution in [0.15, 0.2) is 18.2 Å². The summed E-state index contributed by atoms with van der Waals surface area (Å²) in [6, 6.07) is 6.90. The lowest BCUT2D eigenvalue weighted by atomic mass is 9.92. The number of nitrogens with zero attached hydrogens (tertiary/aromatic N) is 1. The smallest absolute Gasteiger partial charge is 0.0471 e. The molecule has 0 bridgehead atoms. The predicted molar refractivity (Wildman–Crippen MR) is 88.7 cm³/mol. The van der Waals surface area contributed by atoms with Crippen LogP contribution in [-0.2, 0) is 6.54 Å². The molecule has 2 nitrogen and oxygen atoms in total. The largest absolute Gasteiger partial charge is 0.369 e. The van der Waals surface area contributed by atoms with Crippen molar-refractivity contribution < 1.29 is 0 Å². The molecule has 1 N–H and O–H groups in total. The minimum Gasteiger partial charge on any atom is -0.369 e. The van der Waals surface area contributed by atoms with E-state index in [1.165, 1.54) is 24.1 Å². The van der Waals surface area contributed by atoms with E-state index < -0.39 is 0 Å². The van der Waals surface area contributed by atoms with Gasteiger partial charge in [0.25, 0.3) is 0 Å². The molecule has 112 valence electrons. The fourth-order valence-corrected chi connectivity index (χ4v) is 3.38. The van der Waals surface area contributed by atoms with E-state index in [2.05, 4.69) is 43.1 Å². The van der Waals surface area contributed by atoms with Crippen LogP contribution in [-0.4, -0.2) is 19.1 Å². The van der Waals surface area contributed by atoms with Gasteiger partial charge in [0.05, 0.1) is 0 Å². The Morgan fingerprint density at radius 3 is 2.85 bits per heavy atom. The summed E-state index contributed by atoms with van der Waals surface area (Å²) >= 11 is 6.44. The van der Waals surface area contributed by atoms with Crippen molar-refractivity contribution in [3.63, 3.8) is 0 Å². The molecule has 2 unspecified atom stereocenters. The van der Waals surface area contributed by atoms with Gasteiger partial charge in [-0.25, -0.2) is 0 Å². The van der Waals surface area contributed by atoms with Gasteiger partial charge in [0.15, 0.2) is 0 Å². The van der Waals surface area contributed by atoms with Crippen molar-refractivity contribution in [2.75, 3.05) is 18.0 Å². The predicted octanol–water partition coefficient (Wildman–Crippen LogP) is 4.46. The lowest BCUT2D eigenvalue weighted by Crippen LogP contribution is -2.41. The van der Waals surface area contributed by atoms with Crippen molar-refractivity contribution in [2.45, 2.75) is 52.6 Å². The summed E-state index contributed by atoms with van der Waals surface area (Å²) < 4.78 is 0. The highest BCUT2D eigenvalue weighted by atomic mass is 35.5. The monoisotopic (exact) mass is 294 g/mol. The number of piperidine rings is 1. The van der Waals surface area contributed by atoms with Gasteiger partial charge in [-0.2, -0.15) is 0 Å². The maximum Gasteiger partial charge on any atom is 0.0471 e. The SMILES string of the molecule is CCCNCc1c(Cl)cccc1N1CCC(C)CC1C. The minimum atomic E-state index is 0.599. The molecule has 1 saturated heterocycles. The third kappa shape index (κ3) is 3.67. The Morgan fingerprint density at radius 2 is 2.15 bits per heavy atom. The Bertz CT molecular complexity index is 433. The first-order chi connectivity index (χ1) is 9.63. The van der Waals surface area contributed by atoms with Crippen molar-refractivity contribution in [1.29, 1.82) is 0 Å². The first-order valence-electron chi connectivity index (χ1n) is 7.88. The molecule has 1 aliphatic heterocycles. The second kappa shape index (κ2) is 7.33. The van der Waals surface area contributed by atoms with Crippen LogP contribution in [0.2, 0.25) is 5.02 Å². The fraction of sp³-hybridized carbons (Fsp3) is 0.647. The number of rotatable bonds is 5. The molecule has 1 aromatic carbocycles. The summed E-state index contributed by atoms with van der Waals surface area (Å²) in [5.41, 5.74) is 2.57. The first kappa shape index (κ1) is 15.7. The molecule has 0 amide bonds. The van der Waals surface area contributed by atoms with E-state index in [1.807, 2.05) is 6.07 Å². The number of halogens is 1. The van der Waals surface area contributed by atoms with Gasteiger partial charge in [0, 0.05) is 35.4 Å². The minimum absolute atomic E-state index is 0.599. The van der Waals surface area contributed by atoms with E-state index in [4.69, 9.17) is 11.6 Å². The average molecular weight is 295 g/mol. The first-order valence-corrected chi connectivity index (χ1v) is 8.26. The summed E-state index contributed by atoms with van der Waals surface area (Å²) in [6.07, 6.45) is 3.70. The highest BCUT2D eigenvalue weighted by molar-refractivity contribution is 6.31. The zero-order valence-corrected chi connectivity index (χ0v) is 13.7. The van der Waals surface area contributed by atoms with Gasteiger partial charge in [0.2, 0.25) is 0 Å². The van der Waals surface area contributed by atoms with Gasteiger partial charge < -0.3 is 10.2 Å². The van der Waals surface area contributed by atoms with Gasteiger partial charge in [-0.05, 0) is 50.8 Å². The number of hydrogen-bond acceptors (Lipinski definition) is 2. The molecule has 0 aliphatic carbocycles. The summed E-state index contributed by atoms with van der Waals surface area (Å²) in [7, 11) is 0. The molecule has 0 radical (unpaired) electrons. The lowest BCUT2D eigenvalue weighted by molar-refractivity contribution is 0.377. The van der Waals surface area contributed by atoms with E-state index in [1.54, 1.807) is 0 Å². The van der Waals surface area contributed by atoms with Crippen LogP contribution in [0.5, 0.6) is 0 Å². The van der Waals surface area contributed by atoms with E-state index in [-0.39, 0.29) is 0 Å². The van der Waals surface area contributed by atoms with Crippen LogP contribution >= 0.6 is 11.6 Å². The van der Waals surface area contributed by atoms with Gasteiger partial charge in [-0.1, -0.05) is 31.5 Å². The maximum absolute atomic E-state index is 6.44. The van der Waals surface area contributed by atoms with Gasteiger partial charge in [0.1, 0.15) is 0 Å². The van der Waals surface area contributed by atoms with Gasteiger partial charge in [-0.15, -0.1) is 0 Å². The summed E-state index contributed by atoms with van der Waals surface area (Å²) in [6.45, 7) is 9.92. The van der Waals surface area contributed by atoms with Crippen LogP contribution < -0.4 is 10.2 Å². The summed E-state index contributed by atoms with van der Waals surface area (Å²) in [5, 5.41) is 4.37. The number of benzene rings is 1. The standard InChI is InChI=1S/C17H27ClN2/c1-4-9-19-12-15-16(18)6-5-7-17(15)20-10-8-13(2)11-14(20)3/h5-7,13-14,19H,4,8-12H2,1-3H3. The van der Waals surface area contributed by atoms with E-state index >= 15 is 0 Å². The Labute approximate surface area is 128 Å². The highest BCUT2D eigenvalue weighted by Gasteiger charge is 2.25. The molecule has 2 atom stereocenters. The topological polar surface area (TPSA) is 15.3 Å². The molecule has 0 saturated carbocycles. The molecule has 1 fully saturated rings. The molecule has 0 aromatic heterocycles. The zero-order valence-electron chi connectivity index (χ0n) is 13.0. The second-order valence-electron chi connectivity index (χ2n) is 6.09. The van der Waals surface area contributed by atoms with E-state index in [0.29, 0.717) is 6.04 Å².